The lowest BCUT2D eigenvalue weighted by atomic mass is 10.0. The summed E-state index contributed by atoms with van der Waals surface area (Å²) in [6, 6.07) is -0.974. The second kappa shape index (κ2) is 5.35. The molecule has 2 heterocycles. The van der Waals surface area contributed by atoms with Gasteiger partial charge in [-0.25, -0.2) is 9.67 Å². The molecule has 1 aliphatic rings. The first-order chi connectivity index (χ1) is 9.02. The predicted molar refractivity (Wildman–Crippen MR) is 63.2 cm³/mol. The van der Waals surface area contributed by atoms with Gasteiger partial charge in [-0.05, 0) is 6.92 Å². The molecule has 8 nitrogen and oxygen atoms in total. The van der Waals surface area contributed by atoms with Crippen molar-refractivity contribution in [2.45, 2.75) is 19.0 Å². The van der Waals surface area contributed by atoms with Crippen LogP contribution in [0.25, 0.3) is 0 Å². The zero-order valence-electron chi connectivity index (χ0n) is 10.8. The highest BCUT2D eigenvalue weighted by Crippen LogP contribution is 2.21. The van der Waals surface area contributed by atoms with Crippen LogP contribution in [0.15, 0.2) is 12.7 Å². The molecule has 1 aliphatic heterocycles. The van der Waals surface area contributed by atoms with Crippen molar-refractivity contribution in [3.63, 3.8) is 0 Å². The Kier molecular flexibility index (Phi) is 3.79. The number of aromatic nitrogens is 3. The standard InChI is InChI=1S/C11H16N4O4/c1-7(15-6-12-5-13-15)10(16)14(2)9-4-19-3-8(9)11(17)18/h5-9H,3-4H2,1-2H3,(H,17,18). The summed E-state index contributed by atoms with van der Waals surface area (Å²) in [6.07, 6.45) is 2.80. The van der Waals surface area contributed by atoms with E-state index in [-0.39, 0.29) is 19.1 Å². The summed E-state index contributed by atoms with van der Waals surface area (Å²) in [5.41, 5.74) is 0. The molecule has 104 valence electrons. The number of carbonyl (C=O) groups is 2. The second-order valence-corrected chi connectivity index (χ2v) is 4.55. The van der Waals surface area contributed by atoms with Crippen molar-refractivity contribution < 1.29 is 19.4 Å². The van der Waals surface area contributed by atoms with Gasteiger partial charge in [-0.3, -0.25) is 9.59 Å². The molecular formula is C11H16N4O4. The molecule has 0 bridgehead atoms. The van der Waals surface area contributed by atoms with Crippen molar-refractivity contribution >= 4 is 11.9 Å². The Hall–Kier alpha value is -1.96. The average Bonchev–Trinajstić information content (AvgIpc) is 3.06. The minimum Gasteiger partial charge on any atom is -0.481 e. The maximum Gasteiger partial charge on any atom is 0.311 e. The molecule has 1 aromatic heterocycles. The van der Waals surface area contributed by atoms with Gasteiger partial charge in [0.05, 0.1) is 19.3 Å². The Morgan fingerprint density at radius 1 is 1.53 bits per heavy atom. The number of carbonyl (C=O) groups excluding carboxylic acids is 1. The third kappa shape index (κ3) is 2.58. The quantitative estimate of drug-likeness (QED) is 0.783. The minimum atomic E-state index is -0.949. The fraction of sp³-hybridized carbons (Fsp3) is 0.636. The van der Waals surface area contributed by atoms with E-state index in [1.165, 1.54) is 22.2 Å². The van der Waals surface area contributed by atoms with Gasteiger partial charge in [0.25, 0.3) is 0 Å². The summed E-state index contributed by atoms with van der Waals surface area (Å²) < 4.78 is 6.60. The van der Waals surface area contributed by atoms with Crippen LogP contribution in [0.3, 0.4) is 0 Å². The molecule has 1 fully saturated rings. The minimum absolute atomic E-state index is 0.134. The SMILES string of the molecule is CC(C(=O)N(C)C1COCC1C(=O)O)n1cncn1. The average molecular weight is 268 g/mol. The first-order valence-corrected chi connectivity index (χ1v) is 5.93. The van der Waals surface area contributed by atoms with Gasteiger partial charge in [-0.1, -0.05) is 0 Å². The Balaban J connectivity index is 2.08. The largest absolute Gasteiger partial charge is 0.481 e. The fourth-order valence-corrected chi connectivity index (χ4v) is 2.15. The van der Waals surface area contributed by atoms with Crippen molar-refractivity contribution in [1.29, 1.82) is 0 Å². The third-order valence-electron chi connectivity index (χ3n) is 3.40. The Labute approximate surface area is 110 Å². The molecule has 19 heavy (non-hydrogen) atoms. The summed E-state index contributed by atoms with van der Waals surface area (Å²) in [5.74, 6) is -1.85. The van der Waals surface area contributed by atoms with Crippen LogP contribution >= 0.6 is 0 Å². The third-order valence-corrected chi connectivity index (χ3v) is 3.40. The number of aliphatic carboxylic acids is 1. The summed E-state index contributed by atoms with van der Waals surface area (Å²) in [7, 11) is 1.59. The molecule has 0 aromatic carbocycles. The van der Waals surface area contributed by atoms with Gasteiger partial charge >= 0.3 is 5.97 Å². The normalized spacial score (nSPS) is 24.1. The number of hydrogen-bond donors (Lipinski definition) is 1. The first-order valence-electron chi connectivity index (χ1n) is 5.93. The van der Waals surface area contributed by atoms with Gasteiger partial charge in [0, 0.05) is 7.05 Å². The number of carboxylic acid groups (broad SMARTS) is 1. The van der Waals surface area contributed by atoms with Gasteiger partial charge in [0.2, 0.25) is 5.91 Å². The van der Waals surface area contributed by atoms with E-state index in [4.69, 9.17) is 9.84 Å². The van der Waals surface area contributed by atoms with Crippen LogP contribution < -0.4 is 0 Å². The summed E-state index contributed by atoms with van der Waals surface area (Å²) >= 11 is 0. The second-order valence-electron chi connectivity index (χ2n) is 4.55. The summed E-state index contributed by atoms with van der Waals surface area (Å²) in [6.45, 7) is 2.07. The number of rotatable bonds is 4. The molecule has 8 heteroatoms. The molecule has 3 unspecified atom stereocenters. The molecule has 1 saturated heterocycles. The molecule has 2 rings (SSSR count). The van der Waals surface area contributed by atoms with Gasteiger partial charge in [-0.15, -0.1) is 0 Å². The van der Waals surface area contributed by atoms with E-state index in [1.54, 1.807) is 14.0 Å². The van der Waals surface area contributed by atoms with Crippen LogP contribution in [0.5, 0.6) is 0 Å². The van der Waals surface area contributed by atoms with Crippen molar-refractivity contribution in [2.75, 3.05) is 20.3 Å². The van der Waals surface area contributed by atoms with Gasteiger partial charge in [0.15, 0.2) is 0 Å². The number of likely N-dealkylation sites (N-methyl/N-ethyl adjacent to an activating group) is 1. The fourth-order valence-electron chi connectivity index (χ4n) is 2.15. The number of nitrogens with zero attached hydrogens (tertiary/aromatic N) is 4. The molecule has 1 aromatic rings. The van der Waals surface area contributed by atoms with Crippen LogP contribution in [-0.4, -0.2) is 63.0 Å². The van der Waals surface area contributed by atoms with E-state index >= 15 is 0 Å². The summed E-state index contributed by atoms with van der Waals surface area (Å²) in [4.78, 5) is 28.6. The molecule has 0 radical (unpaired) electrons. The molecule has 1 N–H and O–H groups in total. The molecule has 0 saturated carbocycles. The molecular weight excluding hydrogens is 252 g/mol. The van der Waals surface area contributed by atoms with Gasteiger partial charge < -0.3 is 14.7 Å². The Bertz CT molecular complexity index is 461. The van der Waals surface area contributed by atoms with E-state index < -0.39 is 24.0 Å². The Morgan fingerprint density at radius 3 is 2.84 bits per heavy atom. The van der Waals surface area contributed by atoms with Crippen LogP contribution in [0.2, 0.25) is 0 Å². The monoisotopic (exact) mass is 268 g/mol. The van der Waals surface area contributed by atoms with Crippen molar-refractivity contribution in [2.24, 2.45) is 5.92 Å². The van der Waals surface area contributed by atoms with E-state index in [1.807, 2.05) is 0 Å². The molecule has 3 atom stereocenters. The number of carboxylic acids is 1. The summed E-state index contributed by atoms with van der Waals surface area (Å²) in [5, 5.41) is 13.0. The zero-order valence-corrected chi connectivity index (χ0v) is 10.8. The van der Waals surface area contributed by atoms with Crippen molar-refractivity contribution in [3.05, 3.63) is 12.7 Å². The smallest absolute Gasteiger partial charge is 0.311 e. The van der Waals surface area contributed by atoms with Crippen LogP contribution in [-0.2, 0) is 14.3 Å². The molecule has 1 amide bonds. The first kappa shape index (κ1) is 13.5. The zero-order chi connectivity index (χ0) is 14.0. The van der Waals surface area contributed by atoms with Crippen molar-refractivity contribution in [1.82, 2.24) is 19.7 Å². The van der Waals surface area contributed by atoms with Crippen LogP contribution in [0.1, 0.15) is 13.0 Å². The lowest BCUT2D eigenvalue weighted by Crippen LogP contribution is -2.46. The predicted octanol–water partition coefficient (Wildman–Crippen LogP) is -0.603. The van der Waals surface area contributed by atoms with Crippen LogP contribution in [0.4, 0.5) is 0 Å². The van der Waals surface area contributed by atoms with E-state index in [2.05, 4.69) is 10.1 Å². The van der Waals surface area contributed by atoms with E-state index in [0.717, 1.165) is 0 Å². The highest BCUT2D eigenvalue weighted by Gasteiger charge is 2.39. The number of ether oxygens (including phenoxy) is 1. The number of hydrogen-bond acceptors (Lipinski definition) is 5. The van der Waals surface area contributed by atoms with Crippen LogP contribution in [0, 0.1) is 5.92 Å². The highest BCUT2D eigenvalue weighted by molar-refractivity contribution is 5.81. The lowest BCUT2D eigenvalue weighted by molar-refractivity contribution is -0.145. The lowest BCUT2D eigenvalue weighted by Gasteiger charge is -2.28. The number of amides is 1. The van der Waals surface area contributed by atoms with Gasteiger partial charge in [0.1, 0.15) is 24.6 Å². The van der Waals surface area contributed by atoms with E-state index in [9.17, 15) is 9.59 Å². The maximum atomic E-state index is 12.3. The van der Waals surface area contributed by atoms with Gasteiger partial charge in [-0.2, -0.15) is 5.10 Å². The van der Waals surface area contributed by atoms with Crippen molar-refractivity contribution in [3.8, 4) is 0 Å². The van der Waals surface area contributed by atoms with E-state index in [0.29, 0.717) is 0 Å². The molecule has 0 spiro atoms. The molecule has 0 aliphatic carbocycles. The topological polar surface area (TPSA) is 97.6 Å². The Morgan fingerprint density at radius 2 is 2.26 bits per heavy atom. The highest BCUT2D eigenvalue weighted by atomic mass is 16.5. The maximum absolute atomic E-state index is 12.3.